The summed E-state index contributed by atoms with van der Waals surface area (Å²) < 4.78 is 6.90. The van der Waals surface area contributed by atoms with Gasteiger partial charge in [0.2, 0.25) is 0 Å². The van der Waals surface area contributed by atoms with Gasteiger partial charge in [-0.1, -0.05) is 21.1 Å². The first kappa shape index (κ1) is 10.7. The molecule has 0 saturated heterocycles. The number of nitrogens with zero attached hydrogens (tertiary/aromatic N) is 1. The fourth-order valence-corrected chi connectivity index (χ4v) is 2.17. The Morgan fingerprint density at radius 3 is 2.60 bits per heavy atom. The third kappa shape index (κ3) is 1.94. The minimum absolute atomic E-state index is 0.368. The number of hydrogen-bond donors (Lipinski definition) is 1. The van der Waals surface area contributed by atoms with Crippen LogP contribution in [0.1, 0.15) is 5.56 Å². The molecule has 0 aliphatic heterocycles. The SMILES string of the molecule is Cc1cc(Br)ccc1-c1onc(N)c1Br. The first-order valence-corrected chi connectivity index (χ1v) is 5.85. The van der Waals surface area contributed by atoms with Crippen molar-refractivity contribution in [3.8, 4) is 11.3 Å². The van der Waals surface area contributed by atoms with E-state index in [1.165, 1.54) is 0 Å². The molecule has 0 fully saturated rings. The molecule has 0 aliphatic carbocycles. The Hall–Kier alpha value is -0.810. The molecule has 1 heterocycles. The maximum Gasteiger partial charge on any atom is 0.183 e. The number of anilines is 1. The molecule has 1 aromatic carbocycles. The number of halogens is 2. The summed E-state index contributed by atoms with van der Waals surface area (Å²) in [6, 6.07) is 5.93. The van der Waals surface area contributed by atoms with Crippen LogP contribution in [0.2, 0.25) is 0 Å². The Morgan fingerprint density at radius 2 is 2.07 bits per heavy atom. The minimum Gasteiger partial charge on any atom is -0.380 e. The summed E-state index contributed by atoms with van der Waals surface area (Å²) in [4.78, 5) is 0. The van der Waals surface area contributed by atoms with Crippen molar-refractivity contribution in [2.75, 3.05) is 5.73 Å². The molecule has 2 aromatic rings. The summed E-state index contributed by atoms with van der Waals surface area (Å²) in [7, 11) is 0. The van der Waals surface area contributed by atoms with E-state index in [1.807, 2.05) is 25.1 Å². The van der Waals surface area contributed by atoms with Crippen molar-refractivity contribution in [1.29, 1.82) is 0 Å². The molecule has 78 valence electrons. The van der Waals surface area contributed by atoms with Gasteiger partial charge < -0.3 is 10.3 Å². The van der Waals surface area contributed by atoms with Gasteiger partial charge in [-0.05, 0) is 46.6 Å². The zero-order valence-electron chi connectivity index (χ0n) is 7.92. The molecule has 0 aliphatic rings. The van der Waals surface area contributed by atoms with Crippen LogP contribution in [0.25, 0.3) is 11.3 Å². The quantitative estimate of drug-likeness (QED) is 0.865. The van der Waals surface area contributed by atoms with Crippen LogP contribution in [-0.2, 0) is 0 Å². The maximum absolute atomic E-state index is 5.60. The first-order chi connectivity index (χ1) is 7.09. The normalized spacial score (nSPS) is 10.6. The van der Waals surface area contributed by atoms with E-state index < -0.39 is 0 Å². The average Bonchev–Trinajstić information content (AvgIpc) is 2.49. The predicted molar refractivity (Wildman–Crippen MR) is 66.5 cm³/mol. The highest BCUT2D eigenvalue weighted by Crippen LogP contribution is 2.34. The lowest BCUT2D eigenvalue weighted by Crippen LogP contribution is -1.84. The van der Waals surface area contributed by atoms with Crippen LogP contribution < -0.4 is 5.73 Å². The Labute approximate surface area is 104 Å². The van der Waals surface area contributed by atoms with Gasteiger partial charge in [0, 0.05) is 10.0 Å². The summed E-state index contributed by atoms with van der Waals surface area (Å²) in [6.07, 6.45) is 0. The molecule has 0 spiro atoms. The van der Waals surface area contributed by atoms with Gasteiger partial charge in [-0.15, -0.1) is 0 Å². The van der Waals surface area contributed by atoms with Crippen LogP contribution >= 0.6 is 31.9 Å². The van der Waals surface area contributed by atoms with Crippen molar-refractivity contribution >= 4 is 37.7 Å². The van der Waals surface area contributed by atoms with Gasteiger partial charge in [0.1, 0.15) is 4.47 Å². The number of hydrogen-bond acceptors (Lipinski definition) is 3. The van der Waals surface area contributed by atoms with E-state index in [1.54, 1.807) is 0 Å². The van der Waals surface area contributed by atoms with Crippen molar-refractivity contribution in [1.82, 2.24) is 5.16 Å². The van der Waals surface area contributed by atoms with Crippen molar-refractivity contribution in [2.45, 2.75) is 6.92 Å². The van der Waals surface area contributed by atoms with Crippen LogP contribution in [0.3, 0.4) is 0 Å². The molecule has 5 heteroatoms. The lowest BCUT2D eigenvalue weighted by Gasteiger charge is -2.02. The van der Waals surface area contributed by atoms with E-state index in [2.05, 4.69) is 37.0 Å². The van der Waals surface area contributed by atoms with E-state index in [-0.39, 0.29) is 0 Å². The number of nitrogens with two attached hydrogens (primary N) is 1. The van der Waals surface area contributed by atoms with Gasteiger partial charge in [0.25, 0.3) is 0 Å². The highest BCUT2D eigenvalue weighted by molar-refractivity contribution is 9.11. The summed E-state index contributed by atoms with van der Waals surface area (Å²) in [6.45, 7) is 2.01. The van der Waals surface area contributed by atoms with E-state index in [4.69, 9.17) is 10.3 Å². The molecule has 0 radical (unpaired) electrons. The number of nitrogen functional groups attached to an aromatic ring is 1. The summed E-state index contributed by atoms with van der Waals surface area (Å²) in [5.74, 6) is 1.03. The average molecular weight is 332 g/mol. The first-order valence-electron chi connectivity index (χ1n) is 4.26. The third-order valence-corrected chi connectivity index (χ3v) is 3.35. The Balaban J connectivity index is 2.59. The lowest BCUT2D eigenvalue weighted by molar-refractivity contribution is 0.435. The molecule has 0 saturated carbocycles. The van der Waals surface area contributed by atoms with Gasteiger partial charge >= 0.3 is 0 Å². The van der Waals surface area contributed by atoms with Gasteiger partial charge in [-0.25, -0.2) is 0 Å². The maximum atomic E-state index is 5.60. The highest BCUT2D eigenvalue weighted by atomic mass is 79.9. The second kappa shape index (κ2) is 3.98. The highest BCUT2D eigenvalue weighted by Gasteiger charge is 2.14. The fraction of sp³-hybridized carbons (Fsp3) is 0.100. The molecular formula is C10H8Br2N2O. The molecule has 0 bridgehead atoms. The molecule has 0 unspecified atom stereocenters. The zero-order valence-corrected chi connectivity index (χ0v) is 11.1. The second-order valence-corrected chi connectivity index (χ2v) is 4.88. The molecule has 0 atom stereocenters. The van der Waals surface area contributed by atoms with Crippen molar-refractivity contribution in [3.63, 3.8) is 0 Å². The minimum atomic E-state index is 0.368. The molecule has 3 nitrogen and oxygen atoms in total. The molecule has 15 heavy (non-hydrogen) atoms. The van der Waals surface area contributed by atoms with E-state index in [0.29, 0.717) is 16.1 Å². The fourth-order valence-electron chi connectivity index (χ4n) is 1.34. The third-order valence-electron chi connectivity index (χ3n) is 2.09. The standard InChI is InChI=1S/C10H8Br2N2O/c1-5-4-6(11)2-3-7(5)9-8(12)10(13)14-15-9/h2-4H,1H3,(H2,13,14). The van der Waals surface area contributed by atoms with Gasteiger partial charge in [-0.3, -0.25) is 0 Å². The number of aromatic nitrogens is 1. The smallest absolute Gasteiger partial charge is 0.183 e. The van der Waals surface area contributed by atoms with Crippen molar-refractivity contribution < 1.29 is 4.52 Å². The molecule has 2 rings (SSSR count). The Kier molecular flexibility index (Phi) is 2.84. The monoisotopic (exact) mass is 330 g/mol. The van der Waals surface area contributed by atoms with Crippen molar-refractivity contribution in [2.24, 2.45) is 0 Å². The number of aryl methyl sites for hydroxylation is 1. The molecule has 2 N–H and O–H groups in total. The van der Waals surface area contributed by atoms with Crippen LogP contribution in [0, 0.1) is 6.92 Å². The van der Waals surface area contributed by atoms with E-state index in [0.717, 1.165) is 15.6 Å². The lowest BCUT2D eigenvalue weighted by atomic mass is 10.1. The van der Waals surface area contributed by atoms with E-state index >= 15 is 0 Å². The Bertz CT molecular complexity index is 508. The predicted octanol–water partition coefficient (Wildman–Crippen LogP) is 3.76. The Morgan fingerprint density at radius 1 is 1.33 bits per heavy atom. The summed E-state index contributed by atoms with van der Waals surface area (Å²) in [5.41, 5.74) is 7.68. The second-order valence-electron chi connectivity index (χ2n) is 3.17. The van der Waals surface area contributed by atoms with Crippen molar-refractivity contribution in [3.05, 3.63) is 32.7 Å². The molecule has 0 amide bonds. The van der Waals surface area contributed by atoms with Crippen LogP contribution in [0.4, 0.5) is 5.82 Å². The van der Waals surface area contributed by atoms with Gasteiger partial charge in [0.05, 0.1) is 0 Å². The summed E-state index contributed by atoms with van der Waals surface area (Å²) >= 11 is 6.76. The van der Waals surface area contributed by atoms with Gasteiger partial charge in [-0.2, -0.15) is 0 Å². The molecular weight excluding hydrogens is 324 g/mol. The largest absolute Gasteiger partial charge is 0.380 e. The summed E-state index contributed by atoms with van der Waals surface area (Å²) in [5, 5.41) is 3.70. The zero-order chi connectivity index (χ0) is 11.0. The molecule has 1 aromatic heterocycles. The number of rotatable bonds is 1. The van der Waals surface area contributed by atoms with Crippen LogP contribution in [0.5, 0.6) is 0 Å². The topological polar surface area (TPSA) is 52.0 Å². The number of benzene rings is 1. The van der Waals surface area contributed by atoms with E-state index in [9.17, 15) is 0 Å². The van der Waals surface area contributed by atoms with Gasteiger partial charge in [0.15, 0.2) is 11.6 Å². The van der Waals surface area contributed by atoms with Crippen LogP contribution in [0.15, 0.2) is 31.7 Å². The van der Waals surface area contributed by atoms with Crippen LogP contribution in [-0.4, -0.2) is 5.16 Å².